The molecule has 1 aromatic carbocycles. The first-order chi connectivity index (χ1) is 12.3. The number of hydrogen-bond acceptors (Lipinski definition) is 6. The summed E-state index contributed by atoms with van der Waals surface area (Å²) in [7, 11) is 1.62. The molecule has 0 amide bonds. The zero-order valence-corrected chi connectivity index (χ0v) is 13.8. The number of aromatic nitrogens is 4. The van der Waals surface area contributed by atoms with E-state index in [2.05, 4.69) is 20.3 Å². The van der Waals surface area contributed by atoms with Crippen molar-refractivity contribution in [3.8, 4) is 5.75 Å². The summed E-state index contributed by atoms with van der Waals surface area (Å²) in [6.45, 7) is 1.12. The Hall–Kier alpha value is -2.74. The quantitative estimate of drug-likeness (QED) is 0.718. The smallest absolute Gasteiger partial charge is 0.312 e. The minimum atomic E-state index is -0.797. The van der Waals surface area contributed by atoms with Crippen LogP contribution in [-0.2, 0) is 11.3 Å². The molecule has 1 aliphatic rings. The first-order valence-corrected chi connectivity index (χ1v) is 8.13. The van der Waals surface area contributed by atoms with E-state index in [-0.39, 0.29) is 6.23 Å². The summed E-state index contributed by atoms with van der Waals surface area (Å²) in [6, 6.07) is 7.63. The van der Waals surface area contributed by atoms with Crippen LogP contribution in [0.5, 0.6) is 5.75 Å². The largest absolute Gasteiger partial charge is 0.496 e. The van der Waals surface area contributed by atoms with Gasteiger partial charge in [0.15, 0.2) is 17.0 Å². The number of imidazole rings is 1. The van der Waals surface area contributed by atoms with Gasteiger partial charge in [-0.05, 0) is 18.9 Å². The Morgan fingerprint density at radius 3 is 3.04 bits per heavy atom. The van der Waals surface area contributed by atoms with Crippen LogP contribution in [0.3, 0.4) is 0 Å². The number of nitrogens with one attached hydrogen (secondary N) is 1. The van der Waals surface area contributed by atoms with Crippen LogP contribution in [0, 0.1) is 6.08 Å². The highest BCUT2D eigenvalue weighted by Crippen LogP contribution is 2.28. The molecule has 130 valence electrons. The first-order valence-electron chi connectivity index (χ1n) is 8.13. The van der Waals surface area contributed by atoms with Gasteiger partial charge in [0, 0.05) is 18.7 Å². The minimum Gasteiger partial charge on any atom is -0.496 e. The molecule has 3 aromatic rings. The molecule has 0 aliphatic carbocycles. The lowest BCUT2D eigenvalue weighted by atomic mass is 10.2. The van der Waals surface area contributed by atoms with Crippen molar-refractivity contribution in [2.75, 3.05) is 19.0 Å². The molecule has 0 bridgehead atoms. The van der Waals surface area contributed by atoms with Crippen LogP contribution in [0.4, 0.5) is 10.2 Å². The highest BCUT2D eigenvalue weighted by atomic mass is 19.1. The van der Waals surface area contributed by atoms with Crippen LogP contribution < -0.4 is 10.1 Å². The number of hydrogen-bond donors (Lipinski definition) is 1. The molecule has 4 rings (SSSR count). The molecule has 1 N–H and O–H groups in total. The molecule has 0 radical (unpaired) electrons. The number of rotatable bonds is 5. The van der Waals surface area contributed by atoms with E-state index in [0.29, 0.717) is 30.1 Å². The molecule has 1 unspecified atom stereocenters. The fraction of sp³-hybridized carbons (Fsp3) is 0.353. The molecule has 1 aliphatic heterocycles. The van der Waals surface area contributed by atoms with Gasteiger partial charge in [-0.1, -0.05) is 18.2 Å². The number of para-hydroxylation sites is 1. The van der Waals surface area contributed by atoms with Gasteiger partial charge in [-0.2, -0.15) is 14.4 Å². The van der Waals surface area contributed by atoms with E-state index >= 15 is 0 Å². The van der Waals surface area contributed by atoms with Crippen LogP contribution >= 0.6 is 0 Å². The van der Waals surface area contributed by atoms with Gasteiger partial charge < -0.3 is 14.8 Å². The molecule has 25 heavy (non-hydrogen) atoms. The summed E-state index contributed by atoms with van der Waals surface area (Å²) in [4.78, 5) is 12.1. The lowest BCUT2D eigenvalue weighted by Crippen LogP contribution is -2.09. The molecule has 7 nitrogen and oxygen atoms in total. The maximum atomic E-state index is 13.9. The van der Waals surface area contributed by atoms with Crippen molar-refractivity contribution in [2.45, 2.75) is 25.6 Å². The molecule has 0 spiro atoms. The van der Waals surface area contributed by atoms with Crippen molar-refractivity contribution < 1.29 is 13.9 Å². The van der Waals surface area contributed by atoms with Crippen LogP contribution in [0.2, 0.25) is 0 Å². The minimum absolute atomic E-state index is 0.152. The molecule has 1 atom stereocenters. The maximum absolute atomic E-state index is 13.9. The van der Waals surface area contributed by atoms with Gasteiger partial charge in [-0.25, -0.2) is 4.98 Å². The summed E-state index contributed by atoms with van der Waals surface area (Å²) >= 11 is 0. The third-order valence-electron chi connectivity index (χ3n) is 4.25. The molecule has 3 heterocycles. The van der Waals surface area contributed by atoms with Crippen molar-refractivity contribution in [2.24, 2.45) is 0 Å². The third-order valence-corrected chi connectivity index (χ3v) is 4.25. The molecule has 1 fully saturated rings. The number of nitrogens with zero attached hydrogens (tertiary/aromatic N) is 4. The number of benzene rings is 1. The average Bonchev–Trinajstić information content (AvgIpc) is 3.29. The monoisotopic (exact) mass is 343 g/mol. The van der Waals surface area contributed by atoms with Crippen LogP contribution in [0.1, 0.15) is 24.6 Å². The second-order valence-electron chi connectivity index (χ2n) is 5.80. The highest BCUT2D eigenvalue weighted by molar-refractivity contribution is 5.82. The zero-order chi connectivity index (χ0) is 17.2. The van der Waals surface area contributed by atoms with Gasteiger partial charge in [0.2, 0.25) is 0 Å². The molecule has 1 saturated heterocycles. The van der Waals surface area contributed by atoms with E-state index in [0.717, 1.165) is 24.2 Å². The van der Waals surface area contributed by atoms with E-state index in [1.807, 2.05) is 24.3 Å². The second kappa shape index (κ2) is 6.64. The van der Waals surface area contributed by atoms with Crippen LogP contribution in [-0.4, -0.2) is 33.2 Å². The number of anilines is 1. The fourth-order valence-corrected chi connectivity index (χ4v) is 3.03. The van der Waals surface area contributed by atoms with E-state index < -0.39 is 6.08 Å². The normalized spacial score (nSPS) is 17.1. The van der Waals surface area contributed by atoms with Crippen molar-refractivity contribution in [1.82, 2.24) is 19.5 Å². The van der Waals surface area contributed by atoms with E-state index in [1.54, 1.807) is 18.0 Å². The Morgan fingerprint density at radius 2 is 2.24 bits per heavy atom. The molecular formula is C17H18FN5O2. The molecule has 2 aromatic heterocycles. The summed E-state index contributed by atoms with van der Waals surface area (Å²) in [5, 5.41) is 3.14. The van der Waals surface area contributed by atoms with Gasteiger partial charge in [-0.15, -0.1) is 0 Å². The summed E-state index contributed by atoms with van der Waals surface area (Å²) < 4.78 is 26.7. The topological polar surface area (TPSA) is 74.1 Å². The van der Waals surface area contributed by atoms with Gasteiger partial charge >= 0.3 is 6.08 Å². The summed E-state index contributed by atoms with van der Waals surface area (Å²) in [5.41, 5.74) is 1.89. The van der Waals surface area contributed by atoms with E-state index in [9.17, 15) is 4.39 Å². The molecule has 8 heteroatoms. The second-order valence-corrected chi connectivity index (χ2v) is 5.80. The van der Waals surface area contributed by atoms with Gasteiger partial charge in [-0.3, -0.25) is 4.57 Å². The number of methoxy groups -OCH3 is 1. The van der Waals surface area contributed by atoms with Gasteiger partial charge in [0.1, 0.15) is 12.0 Å². The number of fused-ring (bicyclic) bond motifs is 1. The fourth-order valence-electron chi connectivity index (χ4n) is 3.03. The molecular weight excluding hydrogens is 325 g/mol. The Labute approximate surface area is 143 Å². The van der Waals surface area contributed by atoms with Crippen molar-refractivity contribution in [3.63, 3.8) is 0 Å². The van der Waals surface area contributed by atoms with Crippen LogP contribution in [0.25, 0.3) is 11.2 Å². The lowest BCUT2D eigenvalue weighted by molar-refractivity contribution is 0.0592. The SMILES string of the molecule is COc1ccccc1CNc1nc(F)nc2c1ncn2C1CCCO1. The number of halogens is 1. The van der Waals surface area contributed by atoms with Gasteiger partial charge in [0.25, 0.3) is 0 Å². The summed E-state index contributed by atoms with van der Waals surface area (Å²) in [6.07, 6.45) is 2.51. The van der Waals surface area contributed by atoms with Crippen molar-refractivity contribution >= 4 is 17.0 Å². The molecule has 0 saturated carbocycles. The highest BCUT2D eigenvalue weighted by Gasteiger charge is 2.22. The predicted molar refractivity (Wildman–Crippen MR) is 89.8 cm³/mol. The van der Waals surface area contributed by atoms with Crippen molar-refractivity contribution in [1.29, 1.82) is 0 Å². The average molecular weight is 343 g/mol. The Kier molecular flexibility index (Phi) is 4.19. The Bertz CT molecular complexity index is 892. The zero-order valence-electron chi connectivity index (χ0n) is 13.8. The lowest BCUT2D eigenvalue weighted by Gasteiger charge is -2.12. The van der Waals surface area contributed by atoms with Gasteiger partial charge in [0.05, 0.1) is 13.4 Å². The van der Waals surface area contributed by atoms with E-state index in [1.165, 1.54) is 0 Å². The Balaban J connectivity index is 1.65. The third kappa shape index (κ3) is 3.00. The Morgan fingerprint density at radius 1 is 1.36 bits per heavy atom. The maximum Gasteiger partial charge on any atom is 0.312 e. The first kappa shape index (κ1) is 15.8. The van der Waals surface area contributed by atoms with Crippen LogP contribution in [0.15, 0.2) is 30.6 Å². The van der Waals surface area contributed by atoms with E-state index in [4.69, 9.17) is 9.47 Å². The standard InChI is InChI=1S/C17H18FN5O2/c1-24-12-6-3-2-5-11(12)9-19-15-14-16(22-17(18)21-15)23(10-20-14)13-7-4-8-25-13/h2-3,5-6,10,13H,4,7-9H2,1H3,(H,19,21,22). The van der Waals surface area contributed by atoms with Crippen molar-refractivity contribution in [3.05, 3.63) is 42.2 Å². The summed E-state index contributed by atoms with van der Waals surface area (Å²) in [5.74, 6) is 1.11. The predicted octanol–water partition coefficient (Wildman–Crippen LogP) is 2.90. The number of ether oxygens (including phenoxy) is 2.